The van der Waals surface area contributed by atoms with Gasteiger partial charge >= 0.3 is 16.2 Å². The van der Waals surface area contributed by atoms with Crippen LogP contribution in [0.2, 0.25) is 0 Å². The van der Waals surface area contributed by atoms with Gasteiger partial charge in [0.05, 0.1) is 17.9 Å². The van der Waals surface area contributed by atoms with Gasteiger partial charge in [-0.15, -0.1) is 0 Å². The minimum Gasteiger partial charge on any atom is -0.462 e. The average Bonchev–Trinajstić information content (AvgIpc) is 2.57. The van der Waals surface area contributed by atoms with Gasteiger partial charge in [0.15, 0.2) is 0 Å². The first kappa shape index (κ1) is 18.8. The van der Waals surface area contributed by atoms with Crippen LogP contribution in [0.4, 0.5) is 17.1 Å². The maximum absolute atomic E-state index is 12.0. The normalized spacial score (nSPS) is 11.2. The first-order valence-electron chi connectivity index (χ1n) is 7.67. The number of nitrogens with zero attached hydrogens (tertiary/aromatic N) is 1. The molecule has 25 heavy (non-hydrogen) atoms. The second-order valence-corrected chi connectivity index (χ2v) is 7.24. The number of para-hydroxylation sites is 1. The third-order valence-corrected chi connectivity index (χ3v) is 4.77. The van der Waals surface area contributed by atoms with Gasteiger partial charge in [-0.1, -0.05) is 12.1 Å². The zero-order valence-corrected chi connectivity index (χ0v) is 15.1. The summed E-state index contributed by atoms with van der Waals surface area (Å²) in [6, 6.07) is 13.7. The molecule has 0 aliphatic rings. The molecule has 0 spiro atoms. The van der Waals surface area contributed by atoms with E-state index in [1.807, 2.05) is 6.07 Å². The molecular weight excluding hydrogens is 342 g/mol. The van der Waals surface area contributed by atoms with Crippen LogP contribution in [0.3, 0.4) is 0 Å². The van der Waals surface area contributed by atoms with Crippen molar-refractivity contribution in [2.24, 2.45) is 0 Å². The number of nitrogens with one attached hydrogen (secondary N) is 2. The van der Waals surface area contributed by atoms with E-state index >= 15 is 0 Å². The Morgan fingerprint density at radius 1 is 1.04 bits per heavy atom. The molecule has 0 aliphatic heterocycles. The zero-order valence-electron chi connectivity index (χ0n) is 14.3. The molecule has 0 bridgehead atoms. The predicted molar refractivity (Wildman–Crippen MR) is 98.4 cm³/mol. The topological polar surface area (TPSA) is 87.7 Å². The molecule has 0 unspecified atom stereocenters. The number of hydrogen-bond acceptors (Lipinski definition) is 5. The van der Waals surface area contributed by atoms with Crippen molar-refractivity contribution in [3.05, 3.63) is 54.1 Å². The summed E-state index contributed by atoms with van der Waals surface area (Å²) in [7, 11) is -0.648. The Morgan fingerprint density at radius 3 is 2.24 bits per heavy atom. The Kier molecular flexibility index (Phi) is 6.00. The first-order chi connectivity index (χ1) is 11.8. The highest BCUT2D eigenvalue weighted by Gasteiger charge is 2.14. The van der Waals surface area contributed by atoms with Gasteiger partial charge in [-0.25, -0.2) is 4.79 Å². The summed E-state index contributed by atoms with van der Waals surface area (Å²) in [4.78, 5) is 12.0. The standard InChI is InChI=1S/C17H21N3O4S/c1-4-24-17(21)15-7-5-6-8-16(15)18-13-9-11-14(12-10-13)19-25(22,23)20(2)3/h5-12,18-19H,4H2,1-3H3. The molecule has 0 saturated heterocycles. The summed E-state index contributed by atoms with van der Waals surface area (Å²) in [6.45, 7) is 2.05. The molecule has 0 heterocycles. The second kappa shape index (κ2) is 8.00. The third-order valence-electron chi connectivity index (χ3n) is 3.31. The van der Waals surface area contributed by atoms with Crippen LogP contribution in [0.5, 0.6) is 0 Å². The molecule has 7 nitrogen and oxygen atoms in total. The molecule has 2 aromatic rings. The van der Waals surface area contributed by atoms with E-state index in [0.717, 1.165) is 4.31 Å². The first-order valence-corrected chi connectivity index (χ1v) is 9.11. The number of rotatable bonds is 7. The summed E-state index contributed by atoms with van der Waals surface area (Å²) in [6.07, 6.45) is 0. The lowest BCUT2D eigenvalue weighted by molar-refractivity contribution is 0.0527. The summed E-state index contributed by atoms with van der Waals surface area (Å²) in [5, 5.41) is 3.14. The molecular formula is C17H21N3O4S. The lowest BCUT2D eigenvalue weighted by Crippen LogP contribution is -2.28. The van der Waals surface area contributed by atoms with E-state index in [2.05, 4.69) is 10.0 Å². The van der Waals surface area contributed by atoms with Gasteiger partial charge < -0.3 is 10.1 Å². The van der Waals surface area contributed by atoms with Crippen molar-refractivity contribution < 1.29 is 17.9 Å². The lowest BCUT2D eigenvalue weighted by Gasteiger charge is -2.14. The summed E-state index contributed by atoms with van der Waals surface area (Å²) < 4.78 is 32.2. The summed E-state index contributed by atoms with van der Waals surface area (Å²) in [5.41, 5.74) is 2.20. The van der Waals surface area contributed by atoms with E-state index in [-0.39, 0.29) is 0 Å². The zero-order chi connectivity index (χ0) is 18.4. The van der Waals surface area contributed by atoms with Gasteiger partial charge in [-0.05, 0) is 43.3 Å². The van der Waals surface area contributed by atoms with E-state index < -0.39 is 16.2 Å². The van der Waals surface area contributed by atoms with Crippen LogP contribution in [-0.2, 0) is 14.9 Å². The quantitative estimate of drug-likeness (QED) is 0.739. The van der Waals surface area contributed by atoms with Crippen molar-refractivity contribution >= 4 is 33.2 Å². The van der Waals surface area contributed by atoms with E-state index in [4.69, 9.17) is 4.74 Å². The smallest absolute Gasteiger partial charge is 0.340 e. The molecule has 0 aromatic heterocycles. The minimum absolute atomic E-state index is 0.299. The van der Waals surface area contributed by atoms with Crippen molar-refractivity contribution in [1.29, 1.82) is 0 Å². The highest BCUT2D eigenvalue weighted by atomic mass is 32.2. The molecule has 0 amide bonds. The fraction of sp³-hybridized carbons (Fsp3) is 0.235. The highest BCUT2D eigenvalue weighted by molar-refractivity contribution is 7.90. The molecule has 2 aromatic carbocycles. The number of hydrogen-bond donors (Lipinski definition) is 2. The maximum Gasteiger partial charge on any atom is 0.340 e. The Bertz CT molecular complexity index is 833. The fourth-order valence-corrected chi connectivity index (χ4v) is 2.61. The number of esters is 1. The van der Waals surface area contributed by atoms with Crippen LogP contribution in [0.15, 0.2) is 48.5 Å². The minimum atomic E-state index is -3.55. The molecule has 134 valence electrons. The van der Waals surface area contributed by atoms with Gasteiger partial charge in [0.25, 0.3) is 0 Å². The van der Waals surface area contributed by atoms with Crippen LogP contribution in [-0.4, -0.2) is 39.4 Å². The number of ether oxygens (including phenoxy) is 1. The van der Waals surface area contributed by atoms with Gasteiger partial charge in [0, 0.05) is 25.5 Å². The Hall–Kier alpha value is -2.58. The number of carbonyl (C=O) groups excluding carboxylic acids is 1. The molecule has 0 aliphatic carbocycles. The van der Waals surface area contributed by atoms with Crippen LogP contribution >= 0.6 is 0 Å². The van der Waals surface area contributed by atoms with Gasteiger partial charge in [0.1, 0.15) is 0 Å². The molecule has 2 N–H and O–H groups in total. The molecule has 0 saturated carbocycles. The highest BCUT2D eigenvalue weighted by Crippen LogP contribution is 2.23. The molecule has 0 fully saturated rings. The predicted octanol–water partition coefficient (Wildman–Crippen LogP) is 2.83. The van der Waals surface area contributed by atoms with E-state index in [1.165, 1.54) is 14.1 Å². The van der Waals surface area contributed by atoms with E-state index in [0.29, 0.717) is 29.2 Å². The van der Waals surface area contributed by atoms with E-state index in [9.17, 15) is 13.2 Å². The second-order valence-electron chi connectivity index (χ2n) is 5.36. The molecule has 8 heteroatoms. The maximum atomic E-state index is 12.0. The Morgan fingerprint density at radius 2 is 1.64 bits per heavy atom. The van der Waals surface area contributed by atoms with Crippen molar-refractivity contribution in [1.82, 2.24) is 4.31 Å². The third kappa shape index (κ3) is 4.94. The van der Waals surface area contributed by atoms with Crippen LogP contribution < -0.4 is 10.0 Å². The Balaban J connectivity index is 2.16. The summed E-state index contributed by atoms with van der Waals surface area (Å²) in [5.74, 6) is -0.402. The Labute approximate surface area is 147 Å². The van der Waals surface area contributed by atoms with Gasteiger partial charge in [0.2, 0.25) is 0 Å². The average molecular weight is 363 g/mol. The lowest BCUT2D eigenvalue weighted by atomic mass is 10.1. The monoisotopic (exact) mass is 363 g/mol. The largest absolute Gasteiger partial charge is 0.462 e. The number of benzene rings is 2. The van der Waals surface area contributed by atoms with Crippen molar-refractivity contribution in [3.8, 4) is 0 Å². The van der Waals surface area contributed by atoms with Crippen LogP contribution in [0, 0.1) is 0 Å². The van der Waals surface area contributed by atoms with Crippen LogP contribution in [0.25, 0.3) is 0 Å². The van der Waals surface area contributed by atoms with Crippen molar-refractivity contribution in [3.63, 3.8) is 0 Å². The number of carbonyl (C=O) groups is 1. The summed E-state index contributed by atoms with van der Waals surface area (Å²) >= 11 is 0. The molecule has 0 radical (unpaired) electrons. The SMILES string of the molecule is CCOC(=O)c1ccccc1Nc1ccc(NS(=O)(=O)N(C)C)cc1. The number of anilines is 3. The van der Waals surface area contributed by atoms with Gasteiger partial charge in [-0.2, -0.15) is 12.7 Å². The van der Waals surface area contributed by atoms with E-state index in [1.54, 1.807) is 49.4 Å². The fourth-order valence-electron chi connectivity index (χ4n) is 2.00. The molecule has 0 atom stereocenters. The molecule has 2 rings (SSSR count). The van der Waals surface area contributed by atoms with Crippen LogP contribution in [0.1, 0.15) is 17.3 Å². The van der Waals surface area contributed by atoms with Crippen molar-refractivity contribution in [2.45, 2.75) is 6.92 Å². The van der Waals surface area contributed by atoms with Gasteiger partial charge in [-0.3, -0.25) is 4.72 Å². The van der Waals surface area contributed by atoms with Crippen molar-refractivity contribution in [2.75, 3.05) is 30.7 Å².